The summed E-state index contributed by atoms with van der Waals surface area (Å²) in [6.07, 6.45) is 5.02. The third-order valence-corrected chi connectivity index (χ3v) is 5.42. The van der Waals surface area contributed by atoms with Crippen LogP contribution < -0.4 is 0 Å². The zero-order valence-electron chi connectivity index (χ0n) is 13.7. The standard InChI is InChI=1S/C17H20N4OS/c1-11-19-16-13(5-4-6-15(16)23-11)10-21(3)17(22)14-7-12(8-18)9-20(14)2/h7,9,13H,4-6,10H2,1-3H3. The van der Waals surface area contributed by atoms with Crippen LogP contribution in [0.4, 0.5) is 0 Å². The number of carbonyl (C=O) groups is 1. The van der Waals surface area contributed by atoms with E-state index >= 15 is 0 Å². The van der Waals surface area contributed by atoms with E-state index in [1.54, 1.807) is 40.1 Å². The molecule has 1 aliphatic carbocycles. The van der Waals surface area contributed by atoms with E-state index in [9.17, 15) is 4.79 Å². The van der Waals surface area contributed by atoms with Crippen LogP contribution in [0.15, 0.2) is 12.3 Å². The molecule has 120 valence electrons. The van der Waals surface area contributed by atoms with E-state index in [1.807, 2.05) is 14.0 Å². The predicted molar refractivity (Wildman–Crippen MR) is 89.6 cm³/mol. The highest BCUT2D eigenvalue weighted by Crippen LogP contribution is 2.35. The van der Waals surface area contributed by atoms with Crippen LogP contribution >= 0.6 is 11.3 Å². The van der Waals surface area contributed by atoms with Crippen LogP contribution in [-0.4, -0.2) is 34.0 Å². The molecule has 6 heteroatoms. The van der Waals surface area contributed by atoms with Crippen molar-refractivity contribution in [2.24, 2.45) is 7.05 Å². The molecule has 5 nitrogen and oxygen atoms in total. The fourth-order valence-corrected chi connectivity index (χ4v) is 4.32. The minimum Gasteiger partial charge on any atom is -0.345 e. The van der Waals surface area contributed by atoms with Gasteiger partial charge in [0.1, 0.15) is 11.8 Å². The number of amides is 1. The van der Waals surface area contributed by atoms with Gasteiger partial charge in [-0.1, -0.05) is 0 Å². The number of aromatic nitrogens is 2. The molecule has 2 aromatic heterocycles. The molecule has 0 fully saturated rings. The zero-order valence-corrected chi connectivity index (χ0v) is 14.5. The highest BCUT2D eigenvalue weighted by Gasteiger charge is 2.27. The van der Waals surface area contributed by atoms with Crippen LogP contribution in [0.3, 0.4) is 0 Å². The fourth-order valence-electron chi connectivity index (χ4n) is 3.25. The van der Waals surface area contributed by atoms with Crippen molar-refractivity contribution in [3.8, 4) is 6.07 Å². The second-order valence-corrected chi connectivity index (χ2v) is 7.44. The second kappa shape index (κ2) is 6.17. The van der Waals surface area contributed by atoms with Crippen LogP contribution in [0.25, 0.3) is 0 Å². The van der Waals surface area contributed by atoms with Gasteiger partial charge in [0.15, 0.2) is 0 Å². The zero-order chi connectivity index (χ0) is 16.6. The van der Waals surface area contributed by atoms with Gasteiger partial charge < -0.3 is 9.47 Å². The van der Waals surface area contributed by atoms with Crippen molar-refractivity contribution in [2.45, 2.75) is 32.1 Å². The Morgan fingerprint density at radius 3 is 3.09 bits per heavy atom. The molecule has 2 heterocycles. The first-order chi connectivity index (χ1) is 11.0. The van der Waals surface area contributed by atoms with Gasteiger partial charge in [-0.25, -0.2) is 4.98 Å². The molecule has 0 radical (unpaired) electrons. The number of thiazole rings is 1. The van der Waals surface area contributed by atoms with Crippen molar-refractivity contribution < 1.29 is 4.79 Å². The third-order valence-electron chi connectivity index (χ3n) is 4.37. The molecule has 1 atom stereocenters. The van der Waals surface area contributed by atoms with E-state index in [4.69, 9.17) is 5.26 Å². The van der Waals surface area contributed by atoms with E-state index in [0.29, 0.717) is 23.7 Å². The summed E-state index contributed by atoms with van der Waals surface area (Å²) in [6.45, 7) is 2.71. The first-order valence-electron chi connectivity index (χ1n) is 7.77. The Morgan fingerprint density at radius 1 is 1.61 bits per heavy atom. The lowest BCUT2D eigenvalue weighted by atomic mass is 9.90. The van der Waals surface area contributed by atoms with Crippen molar-refractivity contribution in [1.82, 2.24) is 14.5 Å². The number of nitrogens with zero attached hydrogens (tertiary/aromatic N) is 4. The summed E-state index contributed by atoms with van der Waals surface area (Å²) < 4.78 is 1.72. The number of hydrogen-bond donors (Lipinski definition) is 0. The maximum absolute atomic E-state index is 12.7. The number of aryl methyl sites for hydroxylation is 3. The lowest BCUT2D eigenvalue weighted by Crippen LogP contribution is -2.33. The average molecular weight is 328 g/mol. The van der Waals surface area contributed by atoms with Crippen LogP contribution in [-0.2, 0) is 13.5 Å². The lowest BCUT2D eigenvalue weighted by Gasteiger charge is -2.26. The van der Waals surface area contributed by atoms with Gasteiger partial charge in [-0.2, -0.15) is 5.26 Å². The smallest absolute Gasteiger partial charge is 0.270 e. The largest absolute Gasteiger partial charge is 0.345 e. The van der Waals surface area contributed by atoms with E-state index in [-0.39, 0.29) is 5.91 Å². The molecular formula is C17H20N4OS. The van der Waals surface area contributed by atoms with Crippen molar-refractivity contribution in [1.29, 1.82) is 5.26 Å². The molecule has 0 spiro atoms. The number of carbonyl (C=O) groups excluding carboxylic acids is 1. The van der Waals surface area contributed by atoms with E-state index in [2.05, 4.69) is 11.1 Å². The second-order valence-electron chi connectivity index (χ2n) is 6.15. The van der Waals surface area contributed by atoms with Crippen molar-refractivity contribution in [3.63, 3.8) is 0 Å². The SMILES string of the molecule is Cc1nc2c(s1)CCCC2CN(C)C(=O)c1cc(C#N)cn1C. The van der Waals surface area contributed by atoms with Crippen LogP contribution in [0.5, 0.6) is 0 Å². The maximum atomic E-state index is 12.7. The summed E-state index contributed by atoms with van der Waals surface area (Å²) in [5.74, 6) is 0.265. The average Bonchev–Trinajstić information content (AvgIpc) is 3.08. The van der Waals surface area contributed by atoms with Gasteiger partial charge in [0.2, 0.25) is 0 Å². The summed E-state index contributed by atoms with van der Waals surface area (Å²) in [5, 5.41) is 10.1. The third kappa shape index (κ3) is 3.02. The first kappa shape index (κ1) is 15.8. The summed E-state index contributed by atoms with van der Waals surface area (Å²) >= 11 is 1.78. The van der Waals surface area contributed by atoms with Gasteiger partial charge in [0.25, 0.3) is 5.91 Å². The number of fused-ring (bicyclic) bond motifs is 1. The molecule has 23 heavy (non-hydrogen) atoms. The molecule has 0 saturated heterocycles. The predicted octanol–water partition coefficient (Wildman–Crippen LogP) is 2.85. The minimum absolute atomic E-state index is 0.0481. The van der Waals surface area contributed by atoms with Crippen molar-refractivity contribution >= 4 is 17.2 Å². The normalized spacial score (nSPS) is 16.7. The Balaban J connectivity index is 1.77. The molecule has 0 N–H and O–H groups in total. The van der Waals surface area contributed by atoms with Gasteiger partial charge >= 0.3 is 0 Å². The molecule has 0 bridgehead atoms. The molecule has 1 unspecified atom stereocenters. The van der Waals surface area contributed by atoms with Gasteiger partial charge in [0, 0.05) is 37.6 Å². The maximum Gasteiger partial charge on any atom is 0.270 e. The molecule has 1 amide bonds. The molecule has 0 saturated carbocycles. The highest BCUT2D eigenvalue weighted by atomic mass is 32.1. The van der Waals surface area contributed by atoms with Gasteiger partial charge in [-0.15, -0.1) is 11.3 Å². The summed E-state index contributed by atoms with van der Waals surface area (Å²) in [5.41, 5.74) is 2.25. The van der Waals surface area contributed by atoms with Gasteiger partial charge in [-0.3, -0.25) is 4.79 Å². The van der Waals surface area contributed by atoms with E-state index < -0.39 is 0 Å². The summed E-state index contributed by atoms with van der Waals surface area (Å²) in [6, 6.07) is 3.73. The minimum atomic E-state index is -0.0481. The highest BCUT2D eigenvalue weighted by molar-refractivity contribution is 7.11. The van der Waals surface area contributed by atoms with Crippen LogP contribution in [0.2, 0.25) is 0 Å². The lowest BCUT2D eigenvalue weighted by molar-refractivity contribution is 0.0773. The van der Waals surface area contributed by atoms with E-state index in [1.165, 1.54) is 10.6 Å². The monoisotopic (exact) mass is 328 g/mol. The quantitative estimate of drug-likeness (QED) is 0.870. The number of nitriles is 1. The fraction of sp³-hybridized carbons (Fsp3) is 0.471. The molecular weight excluding hydrogens is 308 g/mol. The Kier molecular flexibility index (Phi) is 4.22. The Morgan fingerprint density at radius 2 is 2.39 bits per heavy atom. The molecule has 1 aliphatic rings. The summed E-state index contributed by atoms with van der Waals surface area (Å²) in [7, 11) is 3.62. The summed E-state index contributed by atoms with van der Waals surface area (Å²) in [4.78, 5) is 20.5. The van der Waals surface area contributed by atoms with Crippen LogP contribution in [0.1, 0.15) is 50.4 Å². The number of rotatable bonds is 3. The van der Waals surface area contributed by atoms with Gasteiger partial charge in [0.05, 0.1) is 16.3 Å². The van der Waals surface area contributed by atoms with E-state index in [0.717, 1.165) is 24.3 Å². The molecule has 0 aliphatic heterocycles. The Hall–Kier alpha value is -2.13. The number of hydrogen-bond acceptors (Lipinski definition) is 4. The molecule has 0 aromatic carbocycles. The molecule has 3 rings (SSSR count). The van der Waals surface area contributed by atoms with Gasteiger partial charge in [-0.05, 0) is 32.3 Å². The van der Waals surface area contributed by atoms with Crippen molar-refractivity contribution in [3.05, 3.63) is 39.1 Å². The molecule has 2 aromatic rings. The van der Waals surface area contributed by atoms with Crippen molar-refractivity contribution in [2.75, 3.05) is 13.6 Å². The first-order valence-corrected chi connectivity index (χ1v) is 8.59. The van der Waals surface area contributed by atoms with Crippen LogP contribution in [0, 0.1) is 18.3 Å². The Labute approximate surface area is 140 Å². The Bertz CT molecular complexity index is 783. The topological polar surface area (TPSA) is 61.9 Å². The number of likely N-dealkylation sites (N-methyl/N-ethyl adjacent to an activating group) is 1.